The lowest BCUT2D eigenvalue weighted by atomic mass is 9.97. The fourth-order valence-corrected chi connectivity index (χ4v) is 2.79. The molecule has 1 aliphatic rings. The molecule has 0 bridgehead atoms. The molecule has 0 spiro atoms. The lowest BCUT2D eigenvalue weighted by molar-refractivity contribution is 0.207. The highest BCUT2D eigenvalue weighted by molar-refractivity contribution is 5.88. The number of nitrogens with zero attached hydrogens (tertiary/aromatic N) is 4. The molecule has 0 saturated carbocycles. The van der Waals surface area contributed by atoms with Gasteiger partial charge in [0.2, 0.25) is 0 Å². The van der Waals surface area contributed by atoms with E-state index in [4.69, 9.17) is 0 Å². The highest BCUT2D eigenvalue weighted by Gasteiger charge is 2.22. The van der Waals surface area contributed by atoms with E-state index < -0.39 is 0 Å². The zero-order valence-corrected chi connectivity index (χ0v) is 13.0. The van der Waals surface area contributed by atoms with Crippen molar-refractivity contribution in [1.82, 2.24) is 19.4 Å². The van der Waals surface area contributed by atoms with Gasteiger partial charge in [-0.2, -0.15) is 0 Å². The summed E-state index contributed by atoms with van der Waals surface area (Å²) >= 11 is 0. The number of nitrogens with one attached hydrogen (secondary N) is 1. The van der Waals surface area contributed by atoms with Crippen LogP contribution < -0.4 is 5.32 Å². The van der Waals surface area contributed by atoms with E-state index in [9.17, 15) is 4.79 Å². The van der Waals surface area contributed by atoms with Crippen LogP contribution in [0.3, 0.4) is 0 Å². The van der Waals surface area contributed by atoms with Crippen LogP contribution in [-0.2, 0) is 13.0 Å². The predicted octanol–water partition coefficient (Wildman–Crippen LogP) is 2.31. The molecule has 116 valence electrons. The van der Waals surface area contributed by atoms with Crippen molar-refractivity contribution in [2.24, 2.45) is 5.92 Å². The number of anilines is 1. The number of carbonyl (C=O) groups excluding carboxylic acids is 1. The Morgan fingerprint density at radius 1 is 1.45 bits per heavy atom. The van der Waals surface area contributed by atoms with E-state index in [-0.39, 0.29) is 6.03 Å². The number of rotatable bonds is 3. The van der Waals surface area contributed by atoms with Crippen molar-refractivity contribution in [3.63, 3.8) is 0 Å². The van der Waals surface area contributed by atoms with Gasteiger partial charge in [-0.05, 0) is 30.9 Å². The number of hydrogen-bond acceptors (Lipinski definition) is 3. The van der Waals surface area contributed by atoms with Crippen molar-refractivity contribution in [3.8, 4) is 0 Å². The number of hydrogen-bond donors (Lipinski definition) is 1. The Hall–Kier alpha value is -2.37. The topological polar surface area (TPSA) is 63.1 Å². The maximum atomic E-state index is 12.2. The molecule has 1 atom stereocenters. The van der Waals surface area contributed by atoms with Crippen molar-refractivity contribution < 1.29 is 4.79 Å². The standard InChI is InChI=1S/C16H21N5O/c1-12-3-4-14(18-10-12)19-16(22)20(2)11-13-5-7-21-8-6-17-15(21)9-13/h3-4,6,8,10,13H,5,7,9,11H2,1-2H3,(H,18,19,22)/t13-/m0/s1. The molecule has 0 unspecified atom stereocenters. The summed E-state index contributed by atoms with van der Waals surface area (Å²) in [7, 11) is 1.82. The molecule has 22 heavy (non-hydrogen) atoms. The molecule has 1 N–H and O–H groups in total. The molecule has 3 heterocycles. The van der Waals surface area contributed by atoms with Crippen LogP contribution in [0.15, 0.2) is 30.7 Å². The minimum absolute atomic E-state index is 0.120. The van der Waals surface area contributed by atoms with Crippen LogP contribution in [0.25, 0.3) is 0 Å². The van der Waals surface area contributed by atoms with Gasteiger partial charge in [-0.25, -0.2) is 14.8 Å². The molecule has 0 saturated heterocycles. The molecular weight excluding hydrogens is 278 g/mol. The fourth-order valence-electron chi connectivity index (χ4n) is 2.79. The monoisotopic (exact) mass is 299 g/mol. The average molecular weight is 299 g/mol. The zero-order valence-electron chi connectivity index (χ0n) is 13.0. The van der Waals surface area contributed by atoms with Crippen molar-refractivity contribution >= 4 is 11.8 Å². The number of carbonyl (C=O) groups is 1. The van der Waals surface area contributed by atoms with Crippen molar-refractivity contribution in [2.45, 2.75) is 26.3 Å². The maximum Gasteiger partial charge on any atom is 0.322 e. The highest BCUT2D eigenvalue weighted by atomic mass is 16.2. The van der Waals surface area contributed by atoms with Gasteiger partial charge in [0.05, 0.1) is 0 Å². The second-order valence-electron chi connectivity index (χ2n) is 5.93. The average Bonchev–Trinajstić information content (AvgIpc) is 2.97. The van der Waals surface area contributed by atoms with Gasteiger partial charge in [0.15, 0.2) is 0 Å². The van der Waals surface area contributed by atoms with Gasteiger partial charge in [-0.15, -0.1) is 0 Å². The molecule has 0 aliphatic carbocycles. The summed E-state index contributed by atoms with van der Waals surface area (Å²) < 4.78 is 2.19. The van der Waals surface area contributed by atoms with Gasteiger partial charge < -0.3 is 9.47 Å². The maximum absolute atomic E-state index is 12.2. The van der Waals surface area contributed by atoms with Crippen LogP contribution in [0.1, 0.15) is 17.8 Å². The second-order valence-corrected chi connectivity index (χ2v) is 5.93. The SMILES string of the molecule is Cc1ccc(NC(=O)N(C)C[C@H]2CCn3ccnc3C2)nc1. The third kappa shape index (κ3) is 3.27. The van der Waals surface area contributed by atoms with E-state index in [0.29, 0.717) is 11.7 Å². The van der Waals surface area contributed by atoms with E-state index in [1.807, 2.05) is 38.5 Å². The van der Waals surface area contributed by atoms with E-state index >= 15 is 0 Å². The second kappa shape index (κ2) is 6.17. The Balaban J connectivity index is 1.54. The van der Waals surface area contributed by atoms with Crippen molar-refractivity contribution in [3.05, 3.63) is 42.1 Å². The number of amides is 2. The summed E-state index contributed by atoms with van der Waals surface area (Å²) in [6.07, 6.45) is 7.61. The first-order valence-electron chi connectivity index (χ1n) is 7.56. The summed E-state index contributed by atoms with van der Waals surface area (Å²) in [5.41, 5.74) is 1.07. The van der Waals surface area contributed by atoms with Crippen LogP contribution in [0.5, 0.6) is 0 Å². The molecule has 6 nitrogen and oxygen atoms in total. The van der Waals surface area contributed by atoms with Crippen molar-refractivity contribution in [2.75, 3.05) is 18.9 Å². The minimum atomic E-state index is -0.120. The molecule has 2 amide bonds. The fraction of sp³-hybridized carbons (Fsp3) is 0.438. The van der Waals surface area contributed by atoms with Gasteiger partial charge in [0.1, 0.15) is 11.6 Å². The lowest BCUT2D eigenvalue weighted by Gasteiger charge is -2.27. The van der Waals surface area contributed by atoms with E-state index in [1.54, 1.807) is 11.1 Å². The number of urea groups is 1. The zero-order chi connectivity index (χ0) is 15.5. The van der Waals surface area contributed by atoms with Crippen LogP contribution in [0, 0.1) is 12.8 Å². The van der Waals surface area contributed by atoms with Crippen LogP contribution in [0.2, 0.25) is 0 Å². The van der Waals surface area contributed by atoms with E-state index in [1.165, 1.54) is 0 Å². The predicted molar refractivity (Wildman–Crippen MR) is 84.7 cm³/mol. The number of imidazole rings is 1. The molecule has 1 aliphatic heterocycles. The Bertz CT molecular complexity index is 649. The molecule has 3 rings (SSSR count). The Kier molecular flexibility index (Phi) is 4.09. The first-order chi connectivity index (χ1) is 10.6. The molecule has 0 radical (unpaired) electrons. The number of pyridine rings is 1. The number of fused-ring (bicyclic) bond motifs is 1. The van der Waals surface area contributed by atoms with Gasteiger partial charge in [0, 0.05) is 45.1 Å². The van der Waals surface area contributed by atoms with Crippen LogP contribution >= 0.6 is 0 Å². The first-order valence-corrected chi connectivity index (χ1v) is 7.56. The summed E-state index contributed by atoms with van der Waals surface area (Å²) in [6, 6.07) is 3.63. The molecule has 2 aromatic rings. The van der Waals surface area contributed by atoms with Crippen LogP contribution in [-0.4, -0.2) is 39.1 Å². The van der Waals surface area contributed by atoms with Gasteiger partial charge in [-0.1, -0.05) is 6.07 Å². The molecule has 0 fully saturated rings. The summed E-state index contributed by atoms with van der Waals surface area (Å²) in [4.78, 5) is 22.5. The van der Waals surface area contributed by atoms with Crippen molar-refractivity contribution in [1.29, 1.82) is 0 Å². The molecular formula is C16H21N5O. The molecule has 2 aromatic heterocycles. The summed E-state index contributed by atoms with van der Waals surface area (Å²) in [5.74, 6) is 2.16. The number of aryl methyl sites for hydroxylation is 2. The Morgan fingerprint density at radius 3 is 3.09 bits per heavy atom. The third-order valence-electron chi connectivity index (χ3n) is 4.08. The highest BCUT2D eigenvalue weighted by Crippen LogP contribution is 2.20. The quantitative estimate of drug-likeness (QED) is 0.946. The van der Waals surface area contributed by atoms with Gasteiger partial charge in [0.25, 0.3) is 0 Å². The summed E-state index contributed by atoms with van der Waals surface area (Å²) in [5, 5.41) is 2.83. The third-order valence-corrected chi connectivity index (χ3v) is 4.08. The normalized spacial score (nSPS) is 16.9. The molecule has 6 heteroatoms. The lowest BCUT2D eigenvalue weighted by Crippen LogP contribution is -2.37. The summed E-state index contributed by atoms with van der Waals surface area (Å²) in [6.45, 7) is 3.68. The number of aromatic nitrogens is 3. The largest absolute Gasteiger partial charge is 0.335 e. The Labute approximate surface area is 130 Å². The minimum Gasteiger partial charge on any atom is -0.335 e. The van der Waals surface area contributed by atoms with E-state index in [2.05, 4.69) is 19.9 Å². The van der Waals surface area contributed by atoms with Gasteiger partial charge in [-0.3, -0.25) is 5.32 Å². The Morgan fingerprint density at radius 2 is 2.32 bits per heavy atom. The smallest absolute Gasteiger partial charge is 0.322 e. The first kappa shape index (κ1) is 14.6. The van der Waals surface area contributed by atoms with Gasteiger partial charge >= 0.3 is 6.03 Å². The van der Waals surface area contributed by atoms with E-state index in [0.717, 1.165) is 37.3 Å². The molecule has 0 aromatic carbocycles. The van der Waals surface area contributed by atoms with Crippen LogP contribution in [0.4, 0.5) is 10.6 Å².